The Bertz CT molecular complexity index is 550. The fourth-order valence-corrected chi connectivity index (χ4v) is 1.88. The summed E-state index contributed by atoms with van der Waals surface area (Å²) in [5.41, 5.74) is 0.481. The molecule has 15 heavy (non-hydrogen) atoms. The maximum Gasteiger partial charge on any atom is 0.150 e. The minimum absolute atomic E-state index is 0.0232. The van der Waals surface area contributed by atoms with Crippen LogP contribution in [0.5, 0.6) is 5.75 Å². The summed E-state index contributed by atoms with van der Waals surface area (Å²) in [6.45, 7) is 0. The van der Waals surface area contributed by atoms with Crippen molar-refractivity contribution in [3.05, 3.63) is 39.9 Å². The quantitative estimate of drug-likeness (QED) is 0.773. The standard InChI is InChI=1S/C11H6Cl2O2/c12-9-2-6(5-14)1-7-3-10(13)11(15)4-8(7)9/h1-5,15H. The molecule has 0 aliphatic carbocycles. The highest BCUT2D eigenvalue weighted by Crippen LogP contribution is 2.33. The molecule has 0 radical (unpaired) electrons. The van der Waals surface area contributed by atoms with Gasteiger partial charge < -0.3 is 5.11 Å². The van der Waals surface area contributed by atoms with Crippen molar-refractivity contribution in [3.8, 4) is 5.75 Å². The van der Waals surface area contributed by atoms with Crippen molar-refractivity contribution in [2.75, 3.05) is 0 Å². The molecule has 0 fully saturated rings. The van der Waals surface area contributed by atoms with Gasteiger partial charge in [0.2, 0.25) is 0 Å². The zero-order chi connectivity index (χ0) is 11.0. The number of fused-ring (bicyclic) bond motifs is 1. The van der Waals surface area contributed by atoms with Gasteiger partial charge in [-0.05, 0) is 29.7 Å². The Balaban J connectivity index is 2.85. The summed E-state index contributed by atoms with van der Waals surface area (Å²) in [6.07, 6.45) is 0.714. The van der Waals surface area contributed by atoms with Crippen LogP contribution in [-0.2, 0) is 0 Å². The summed E-state index contributed by atoms with van der Waals surface area (Å²) in [5.74, 6) is -0.0232. The predicted octanol–water partition coefficient (Wildman–Crippen LogP) is 3.66. The normalized spacial score (nSPS) is 10.5. The molecule has 2 aromatic carbocycles. The molecule has 2 aromatic rings. The lowest BCUT2D eigenvalue weighted by Gasteiger charge is -2.04. The second-order valence-corrected chi connectivity index (χ2v) is 3.96. The number of rotatable bonds is 1. The lowest BCUT2D eigenvalue weighted by Crippen LogP contribution is -1.82. The minimum atomic E-state index is -0.0232. The second kappa shape index (κ2) is 3.72. The lowest BCUT2D eigenvalue weighted by molar-refractivity contribution is 0.112. The van der Waals surface area contributed by atoms with Crippen molar-refractivity contribution < 1.29 is 9.90 Å². The average Bonchev–Trinajstić information content (AvgIpc) is 2.21. The van der Waals surface area contributed by atoms with E-state index in [-0.39, 0.29) is 10.8 Å². The topological polar surface area (TPSA) is 37.3 Å². The van der Waals surface area contributed by atoms with Crippen LogP contribution in [0.1, 0.15) is 10.4 Å². The number of aromatic hydroxyl groups is 1. The molecule has 0 spiro atoms. The Kier molecular flexibility index (Phi) is 2.55. The molecule has 0 aromatic heterocycles. The van der Waals surface area contributed by atoms with Crippen LogP contribution in [0.2, 0.25) is 10.0 Å². The van der Waals surface area contributed by atoms with Crippen LogP contribution >= 0.6 is 23.2 Å². The van der Waals surface area contributed by atoms with Gasteiger partial charge in [-0.2, -0.15) is 0 Å². The molecule has 0 atom stereocenters. The van der Waals surface area contributed by atoms with E-state index in [1.54, 1.807) is 18.2 Å². The minimum Gasteiger partial charge on any atom is -0.506 e. The van der Waals surface area contributed by atoms with E-state index in [0.29, 0.717) is 22.3 Å². The molecule has 4 heteroatoms. The Hall–Kier alpha value is -1.25. The van der Waals surface area contributed by atoms with Crippen LogP contribution in [-0.4, -0.2) is 11.4 Å². The molecular formula is C11H6Cl2O2. The van der Waals surface area contributed by atoms with Crippen LogP contribution in [0.15, 0.2) is 24.3 Å². The van der Waals surface area contributed by atoms with Crippen molar-refractivity contribution in [3.63, 3.8) is 0 Å². The van der Waals surface area contributed by atoms with E-state index < -0.39 is 0 Å². The van der Waals surface area contributed by atoms with E-state index in [1.807, 2.05) is 0 Å². The van der Waals surface area contributed by atoms with Crippen LogP contribution in [0.3, 0.4) is 0 Å². The monoisotopic (exact) mass is 240 g/mol. The summed E-state index contributed by atoms with van der Waals surface area (Å²) in [6, 6.07) is 6.27. The van der Waals surface area contributed by atoms with Gasteiger partial charge in [-0.25, -0.2) is 0 Å². The lowest BCUT2D eigenvalue weighted by atomic mass is 10.1. The van der Waals surface area contributed by atoms with Crippen molar-refractivity contribution in [2.24, 2.45) is 0 Å². The average molecular weight is 241 g/mol. The van der Waals surface area contributed by atoms with Gasteiger partial charge in [-0.15, -0.1) is 0 Å². The SMILES string of the molecule is O=Cc1cc(Cl)c2cc(O)c(Cl)cc2c1. The molecule has 0 aliphatic heterocycles. The first-order chi connectivity index (χ1) is 7.11. The number of hydrogen-bond donors (Lipinski definition) is 1. The molecule has 0 amide bonds. The summed E-state index contributed by atoms with van der Waals surface area (Å²) < 4.78 is 0. The fourth-order valence-electron chi connectivity index (χ4n) is 1.42. The number of aldehydes is 1. The van der Waals surface area contributed by atoms with Gasteiger partial charge in [0, 0.05) is 16.0 Å². The van der Waals surface area contributed by atoms with Gasteiger partial charge in [0.1, 0.15) is 12.0 Å². The van der Waals surface area contributed by atoms with E-state index in [4.69, 9.17) is 23.2 Å². The smallest absolute Gasteiger partial charge is 0.150 e. The van der Waals surface area contributed by atoms with E-state index >= 15 is 0 Å². The first kappa shape index (κ1) is 10.3. The number of benzene rings is 2. The first-order valence-electron chi connectivity index (χ1n) is 4.19. The van der Waals surface area contributed by atoms with Gasteiger partial charge in [-0.3, -0.25) is 4.79 Å². The fraction of sp³-hybridized carbons (Fsp3) is 0. The van der Waals surface area contributed by atoms with Crippen molar-refractivity contribution in [2.45, 2.75) is 0 Å². The van der Waals surface area contributed by atoms with Gasteiger partial charge in [0.15, 0.2) is 0 Å². The summed E-state index contributed by atoms with van der Waals surface area (Å²) >= 11 is 11.7. The second-order valence-electron chi connectivity index (χ2n) is 3.15. The molecule has 0 bridgehead atoms. The van der Waals surface area contributed by atoms with Crippen molar-refractivity contribution >= 4 is 40.3 Å². The van der Waals surface area contributed by atoms with Crippen LogP contribution < -0.4 is 0 Å². The highest BCUT2D eigenvalue weighted by Gasteiger charge is 2.06. The third-order valence-electron chi connectivity index (χ3n) is 2.13. The molecule has 0 aliphatic rings. The Morgan fingerprint density at radius 3 is 2.47 bits per heavy atom. The number of carbonyl (C=O) groups excluding carboxylic acids is 1. The molecule has 2 nitrogen and oxygen atoms in total. The van der Waals surface area contributed by atoms with E-state index in [2.05, 4.69) is 0 Å². The molecule has 76 valence electrons. The van der Waals surface area contributed by atoms with Gasteiger partial charge >= 0.3 is 0 Å². The first-order valence-corrected chi connectivity index (χ1v) is 4.94. The molecule has 2 rings (SSSR count). The number of halogens is 2. The molecular weight excluding hydrogens is 235 g/mol. The molecule has 1 N–H and O–H groups in total. The highest BCUT2D eigenvalue weighted by molar-refractivity contribution is 6.37. The van der Waals surface area contributed by atoms with Gasteiger partial charge in [0.05, 0.1) is 5.02 Å². The number of carbonyl (C=O) groups is 1. The molecule has 0 saturated heterocycles. The zero-order valence-electron chi connectivity index (χ0n) is 7.50. The van der Waals surface area contributed by atoms with E-state index in [0.717, 1.165) is 5.39 Å². The van der Waals surface area contributed by atoms with E-state index in [1.165, 1.54) is 6.07 Å². The predicted molar refractivity (Wildman–Crippen MR) is 61.0 cm³/mol. The third kappa shape index (κ3) is 1.78. The van der Waals surface area contributed by atoms with E-state index in [9.17, 15) is 9.90 Å². The Morgan fingerprint density at radius 2 is 1.80 bits per heavy atom. The van der Waals surface area contributed by atoms with Crippen LogP contribution in [0.4, 0.5) is 0 Å². The number of hydrogen-bond acceptors (Lipinski definition) is 2. The van der Waals surface area contributed by atoms with Gasteiger partial charge in [-0.1, -0.05) is 23.2 Å². The number of phenolic OH excluding ortho intramolecular Hbond substituents is 1. The largest absolute Gasteiger partial charge is 0.506 e. The summed E-state index contributed by atoms with van der Waals surface area (Å²) in [4.78, 5) is 10.6. The summed E-state index contributed by atoms with van der Waals surface area (Å²) in [7, 11) is 0. The molecule has 0 saturated carbocycles. The maximum atomic E-state index is 10.6. The third-order valence-corrected chi connectivity index (χ3v) is 2.74. The number of phenols is 1. The Labute approximate surface area is 96.0 Å². The van der Waals surface area contributed by atoms with Crippen LogP contribution in [0, 0.1) is 0 Å². The van der Waals surface area contributed by atoms with Crippen LogP contribution in [0.25, 0.3) is 10.8 Å². The highest BCUT2D eigenvalue weighted by atomic mass is 35.5. The maximum absolute atomic E-state index is 10.6. The Morgan fingerprint density at radius 1 is 1.07 bits per heavy atom. The zero-order valence-corrected chi connectivity index (χ0v) is 9.01. The van der Waals surface area contributed by atoms with Gasteiger partial charge in [0.25, 0.3) is 0 Å². The van der Waals surface area contributed by atoms with Crippen molar-refractivity contribution in [1.29, 1.82) is 0 Å². The summed E-state index contributed by atoms with van der Waals surface area (Å²) in [5, 5.41) is 11.5. The molecule has 0 unspecified atom stereocenters. The molecule has 0 heterocycles. The van der Waals surface area contributed by atoms with Crippen molar-refractivity contribution in [1.82, 2.24) is 0 Å².